The van der Waals surface area contributed by atoms with E-state index in [0.717, 1.165) is 19.3 Å². The molecule has 0 radical (unpaired) electrons. The summed E-state index contributed by atoms with van der Waals surface area (Å²) in [4.78, 5) is 56.8. The average molecular weight is 937 g/mol. The van der Waals surface area contributed by atoms with Gasteiger partial charge in [-0.2, -0.15) is 0 Å². The van der Waals surface area contributed by atoms with Gasteiger partial charge in [0.1, 0.15) is 0 Å². The van der Waals surface area contributed by atoms with E-state index < -0.39 is 44.1 Å². The summed E-state index contributed by atoms with van der Waals surface area (Å²) < 4.78 is 53.9. The summed E-state index contributed by atoms with van der Waals surface area (Å²) in [5, 5.41) is 10.0. The fraction of sp³-hybridized carbons (Fsp3) is 0.900. The Hall–Kier alpha value is -2.74. The van der Waals surface area contributed by atoms with Crippen LogP contribution < -0.4 is 5.11 Å². The van der Waals surface area contributed by atoms with Crippen molar-refractivity contribution in [1.29, 1.82) is 0 Å². The maximum atomic E-state index is 11.5. The van der Waals surface area contributed by atoms with Gasteiger partial charge in [-0.3, -0.25) is 19.2 Å². The zero-order valence-corrected chi connectivity index (χ0v) is 46.0. The van der Waals surface area contributed by atoms with E-state index in [0.29, 0.717) is 31.5 Å². The number of rotatable bonds is 15. The van der Waals surface area contributed by atoms with Crippen LogP contribution in [-0.4, -0.2) is 74.5 Å². The summed E-state index contributed by atoms with van der Waals surface area (Å²) in [6.07, 6.45) is 4.02. The van der Waals surface area contributed by atoms with Crippen molar-refractivity contribution in [3.05, 3.63) is 0 Å². The maximum absolute atomic E-state index is 11.5. The fourth-order valence-electron chi connectivity index (χ4n) is 4.51. The molecule has 0 heterocycles. The molecule has 382 valence electrons. The highest BCUT2D eigenvalue weighted by Gasteiger charge is 2.28. The zero-order chi connectivity index (χ0) is 52.1. The van der Waals surface area contributed by atoms with Gasteiger partial charge in [-0.25, -0.2) is 8.42 Å². The van der Waals surface area contributed by atoms with Crippen molar-refractivity contribution in [2.45, 2.75) is 216 Å². The van der Waals surface area contributed by atoms with Gasteiger partial charge in [0, 0.05) is 11.9 Å². The monoisotopic (exact) mass is 937 g/mol. The SMILES string of the molecule is CC(C)(C)CC(CCOC(=O)C(C)(C)C)S(=O)(=O)[O-].CC(C)(C)CCC(CCOC(=O)C(C)(C)C)C(=O)[O-].CC(C)(C)CCCOC(=O)C(C)(C)C.CC(C)(C)COC(=O)C(C)(C)C. The van der Waals surface area contributed by atoms with Gasteiger partial charge in [0.2, 0.25) is 0 Å². The normalized spacial score (nSPS) is 13.8. The van der Waals surface area contributed by atoms with Crippen molar-refractivity contribution in [3.8, 4) is 0 Å². The molecule has 0 bridgehead atoms. The Morgan fingerprint density at radius 2 is 0.766 bits per heavy atom. The van der Waals surface area contributed by atoms with E-state index in [2.05, 4.69) is 41.5 Å². The number of esters is 4. The molecular weight excluding hydrogens is 841 g/mol. The topological polar surface area (TPSA) is 203 Å². The van der Waals surface area contributed by atoms with E-state index in [1.54, 1.807) is 41.5 Å². The second kappa shape index (κ2) is 27.8. The molecule has 2 unspecified atom stereocenters. The van der Waals surface area contributed by atoms with Gasteiger partial charge in [-0.15, -0.1) is 0 Å². The van der Waals surface area contributed by atoms with Crippen LogP contribution in [0.3, 0.4) is 0 Å². The first kappa shape index (κ1) is 67.8. The number of hydrogen-bond donors (Lipinski definition) is 0. The highest BCUT2D eigenvalue weighted by molar-refractivity contribution is 7.86. The fourth-order valence-corrected chi connectivity index (χ4v) is 5.60. The molecule has 0 aliphatic heterocycles. The van der Waals surface area contributed by atoms with E-state index in [4.69, 9.17) is 18.9 Å². The lowest BCUT2D eigenvalue weighted by atomic mass is 9.86. The van der Waals surface area contributed by atoms with Crippen LogP contribution in [0.4, 0.5) is 0 Å². The van der Waals surface area contributed by atoms with Crippen molar-refractivity contribution in [2.75, 3.05) is 26.4 Å². The first-order valence-electron chi connectivity index (χ1n) is 22.8. The summed E-state index contributed by atoms with van der Waals surface area (Å²) in [7, 11) is -4.37. The van der Waals surface area contributed by atoms with Crippen LogP contribution in [0.5, 0.6) is 0 Å². The number of carbonyl (C=O) groups is 5. The van der Waals surface area contributed by atoms with Crippen molar-refractivity contribution in [2.24, 2.45) is 49.2 Å². The molecule has 0 aliphatic rings. The number of aliphatic carboxylic acids is 1. The van der Waals surface area contributed by atoms with Crippen LogP contribution >= 0.6 is 0 Å². The van der Waals surface area contributed by atoms with Gasteiger partial charge in [0.15, 0.2) is 0 Å². The number of carbonyl (C=O) groups excluding carboxylic acids is 5. The first-order chi connectivity index (χ1) is 27.9. The van der Waals surface area contributed by atoms with Gasteiger partial charge < -0.3 is 33.4 Å². The second-order valence-corrected chi connectivity index (χ2v) is 27.4. The van der Waals surface area contributed by atoms with E-state index in [1.165, 1.54) is 0 Å². The smallest absolute Gasteiger partial charge is 0.311 e. The average Bonchev–Trinajstić information content (AvgIpc) is 3.03. The predicted molar refractivity (Wildman–Crippen MR) is 254 cm³/mol. The third kappa shape index (κ3) is 43.2. The Morgan fingerprint density at radius 3 is 1.05 bits per heavy atom. The molecule has 0 aromatic carbocycles. The van der Waals surface area contributed by atoms with Gasteiger partial charge in [-0.1, -0.05) is 83.1 Å². The number of carboxylic acid groups (broad SMARTS) is 1. The Labute approximate surface area is 391 Å². The molecule has 14 heteroatoms. The summed E-state index contributed by atoms with van der Waals surface area (Å²) >= 11 is 0. The minimum absolute atomic E-state index is 0.0433. The van der Waals surface area contributed by atoms with E-state index in [9.17, 15) is 42.0 Å². The molecule has 0 spiro atoms. The molecule has 0 saturated heterocycles. The van der Waals surface area contributed by atoms with Crippen LogP contribution in [-0.2, 0) is 53.0 Å². The van der Waals surface area contributed by atoms with Gasteiger partial charge in [0.25, 0.3) is 0 Å². The highest BCUT2D eigenvalue weighted by atomic mass is 32.2. The number of hydrogen-bond acceptors (Lipinski definition) is 13. The molecule has 0 amide bonds. The lowest BCUT2D eigenvalue weighted by Crippen LogP contribution is -2.33. The largest absolute Gasteiger partial charge is 0.748 e. The summed E-state index contributed by atoms with van der Waals surface area (Å²) in [5.41, 5.74) is -1.73. The maximum Gasteiger partial charge on any atom is 0.311 e. The summed E-state index contributed by atoms with van der Waals surface area (Å²) in [6.45, 7) is 47.3. The lowest BCUT2D eigenvalue weighted by molar-refractivity contribution is -0.312. The van der Waals surface area contributed by atoms with Gasteiger partial charge in [0.05, 0.1) is 63.5 Å². The molecule has 0 saturated carbocycles. The lowest BCUT2D eigenvalue weighted by Gasteiger charge is -2.28. The molecule has 13 nitrogen and oxygen atoms in total. The van der Waals surface area contributed by atoms with Gasteiger partial charge >= 0.3 is 23.9 Å². The molecular formula is C50H96O13S-2. The predicted octanol–water partition coefficient (Wildman–Crippen LogP) is 10.5. The van der Waals surface area contributed by atoms with Crippen molar-refractivity contribution in [1.82, 2.24) is 0 Å². The van der Waals surface area contributed by atoms with Crippen molar-refractivity contribution >= 4 is 40.0 Å². The highest BCUT2D eigenvalue weighted by Crippen LogP contribution is 2.28. The van der Waals surface area contributed by atoms with Crippen molar-refractivity contribution in [3.63, 3.8) is 0 Å². The standard InChI is InChI=1S/C15H28O4.C13H26O5S.C12H24O2.C10H20O2/c1-14(2,3)9-7-11(12(16)17)8-10-19-13(18)15(4,5)6;1-12(2,3)9-10(19(15,16)17)7-8-18-11(14)13(4,5)6;1-11(2,3)8-7-9-14-10(13)12(4,5)6;1-9(2,3)7-12-8(11)10(4,5)6/h11H,7-10H2,1-6H3,(H,16,17);10H,7-9H2,1-6H3,(H,15,16,17);7-9H2,1-6H3;7H2,1-6H3/p-2. The molecule has 0 rings (SSSR count). The van der Waals surface area contributed by atoms with Crippen LogP contribution in [0, 0.1) is 49.2 Å². The minimum Gasteiger partial charge on any atom is -0.748 e. The van der Waals surface area contributed by atoms with Gasteiger partial charge in [-0.05, 0) is 150 Å². The first-order valence-corrected chi connectivity index (χ1v) is 24.2. The van der Waals surface area contributed by atoms with E-state index in [-0.39, 0.29) is 71.0 Å². The summed E-state index contributed by atoms with van der Waals surface area (Å²) in [5.74, 6) is -2.54. The number of carboxylic acids is 1. The third-order valence-corrected chi connectivity index (χ3v) is 9.81. The second-order valence-electron chi connectivity index (χ2n) is 25.8. The minimum atomic E-state index is -4.37. The Bertz CT molecular complexity index is 1490. The quantitative estimate of drug-likeness (QED) is 0.0650. The van der Waals surface area contributed by atoms with Crippen LogP contribution in [0.2, 0.25) is 0 Å². The molecule has 0 aromatic rings. The van der Waals surface area contributed by atoms with Crippen LogP contribution in [0.25, 0.3) is 0 Å². The number of ether oxygens (including phenoxy) is 4. The van der Waals surface area contributed by atoms with E-state index >= 15 is 0 Å². The Balaban J connectivity index is -0.000000381. The third-order valence-electron chi connectivity index (χ3n) is 8.59. The molecule has 0 N–H and O–H groups in total. The molecule has 64 heavy (non-hydrogen) atoms. The Morgan fingerprint density at radius 1 is 0.438 bits per heavy atom. The molecule has 0 fully saturated rings. The molecule has 2 atom stereocenters. The molecule has 0 aromatic heterocycles. The summed E-state index contributed by atoms with van der Waals surface area (Å²) in [6, 6.07) is 0. The van der Waals surface area contributed by atoms with Crippen LogP contribution in [0.15, 0.2) is 0 Å². The molecule has 0 aliphatic carbocycles. The van der Waals surface area contributed by atoms with Crippen LogP contribution in [0.1, 0.15) is 211 Å². The Kier molecular flexibility index (Phi) is 29.5. The van der Waals surface area contributed by atoms with Crippen molar-refractivity contribution < 1.29 is 61.0 Å². The van der Waals surface area contributed by atoms with E-state index in [1.807, 2.05) is 83.1 Å². The zero-order valence-electron chi connectivity index (χ0n) is 45.1.